The number of aromatic hydroxyl groups is 1. The van der Waals surface area contributed by atoms with Gasteiger partial charge in [-0.15, -0.1) is 10.2 Å². The number of nitrogens with one attached hydrogen (secondary N) is 1. The summed E-state index contributed by atoms with van der Waals surface area (Å²) in [6, 6.07) is 30.8. The van der Waals surface area contributed by atoms with Crippen LogP contribution in [0.15, 0.2) is 103 Å². The summed E-state index contributed by atoms with van der Waals surface area (Å²) in [6.45, 7) is 0. The molecule has 4 aromatic carbocycles. The first-order chi connectivity index (χ1) is 18.2. The van der Waals surface area contributed by atoms with Gasteiger partial charge >= 0.3 is 0 Å². The molecule has 0 atom stereocenters. The van der Waals surface area contributed by atoms with Gasteiger partial charge < -0.3 is 19.9 Å². The van der Waals surface area contributed by atoms with E-state index in [1.165, 1.54) is 7.11 Å². The largest absolute Gasteiger partial charge is 0.504 e. The van der Waals surface area contributed by atoms with E-state index in [1.807, 2.05) is 72.8 Å². The summed E-state index contributed by atoms with van der Waals surface area (Å²) in [6.07, 6.45) is 1.64. The summed E-state index contributed by atoms with van der Waals surface area (Å²) in [7, 11) is 1.51. The zero-order chi connectivity index (χ0) is 25.2. The molecule has 0 fully saturated rings. The van der Waals surface area contributed by atoms with Crippen molar-refractivity contribution in [3.05, 3.63) is 103 Å². The highest BCUT2D eigenvalue weighted by Crippen LogP contribution is 2.37. The fourth-order valence-electron chi connectivity index (χ4n) is 4.26. The van der Waals surface area contributed by atoms with Gasteiger partial charge in [0, 0.05) is 39.7 Å². The first-order valence-electron chi connectivity index (χ1n) is 11.7. The number of ether oxygens (including phenoxy) is 2. The number of phenols is 1. The third kappa shape index (κ3) is 4.34. The van der Waals surface area contributed by atoms with E-state index < -0.39 is 0 Å². The number of anilines is 2. The fourth-order valence-corrected chi connectivity index (χ4v) is 4.26. The molecule has 0 radical (unpaired) electrons. The zero-order valence-electron chi connectivity index (χ0n) is 19.9. The van der Waals surface area contributed by atoms with E-state index in [1.54, 1.807) is 24.4 Å². The second-order valence-electron chi connectivity index (χ2n) is 8.41. The van der Waals surface area contributed by atoms with Gasteiger partial charge in [-0.05, 0) is 36.4 Å². The summed E-state index contributed by atoms with van der Waals surface area (Å²) < 4.78 is 11.4. The van der Waals surface area contributed by atoms with Crippen LogP contribution in [-0.4, -0.2) is 27.4 Å². The van der Waals surface area contributed by atoms with Crippen molar-refractivity contribution < 1.29 is 14.6 Å². The molecule has 0 aliphatic carbocycles. The number of benzene rings is 4. The minimum atomic E-state index is 0.0301. The van der Waals surface area contributed by atoms with Crippen molar-refractivity contribution in [2.45, 2.75) is 0 Å². The van der Waals surface area contributed by atoms with Crippen molar-refractivity contribution >= 4 is 33.2 Å². The van der Waals surface area contributed by atoms with Gasteiger partial charge in [-0.25, -0.2) is 0 Å². The number of phenolic OH excluding ortho intramolecular Hbond substituents is 1. The predicted octanol–water partition coefficient (Wildman–Crippen LogP) is 7.10. The molecule has 6 aromatic rings. The number of pyridine rings is 1. The monoisotopic (exact) mass is 486 g/mol. The molecule has 2 N–H and O–H groups in total. The highest BCUT2D eigenvalue weighted by atomic mass is 16.5. The van der Waals surface area contributed by atoms with Crippen molar-refractivity contribution in [1.29, 1.82) is 0 Å². The lowest BCUT2D eigenvalue weighted by molar-refractivity contribution is 0.374. The Morgan fingerprint density at radius 1 is 0.730 bits per heavy atom. The van der Waals surface area contributed by atoms with E-state index in [0.29, 0.717) is 28.6 Å². The summed E-state index contributed by atoms with van der Waals surface area (Å²) in [5, 5.41) is 25.2. The van der Waals surface area contributed by atoms with Crippen molar-refractivity contribution in [3.63, 3.8) is 0 Å². The van der Waals surface area contributed by atoms with Crippen LogP contribution in [-0.2, 0) is 0 Å². The van der Waals surface area contributed by atoms with E-state index in [2.05, 4.69) is 26.6 Å². The SMILES string of the molecule is COc1cc2c(Oc3ccc(Nc4nnc(-c5ccccc5)c5ccccc45)cc3)ccnc2cc1O. The summed E-state index contributed by atoms with van der Waals surface area (Å²) in [5.74, 6) is 2.33. The van der Waals surface area contributed by atoms with E-state index in [9.17, 15) is 5.11 Å². The molecule has 2 aromatic heterocycles. The molecule has 0 bridgehead atoms. The van der Waals surface area contributed by atoms with Crippen LogP contribution in [0.25, 0.3) is 32.9 Å². The van der Waals surface area contributed by atoms with Crippen LogP contribution in [0.4, 0.5) is 11.5 Å². The zero-order valence-corrected chi connectivity index (χ0v) is 19.9. The summed E-state index contributed by atoms with van der Waals surface area (Å²) in [4.78, 5) is 4.31. The average molecular weight is 487 g/mol. The van der Waals surface area contributed by atoms with Crippen LogP contribution < -0.4 is 14.8 Å². The first-order valence-corrected chi connectivity index (χ1v) is 11.7. The third-order valence-corrected chi connectivity index (χ3v) is 6.08. The lowest BCUT2D eigenvalue weighted by atomic mass is 10.0. The molecule has 37 heavy (non-hydrogen) atoms. The highest BCUT2D eigenvalue weighted by molar-refractivity contribution is 6.00. The molecule has 0 saturated carbocycles. The molecule has 0 saturated heterocycles. The number of fused-ring (bicyclic) bond motifs is 2. The van der Waals surface area contributed by atoms with Gasteiger partial charge in [0.15, 0.2) is 17.3 Å². The Hall–Kier alpha value is -5.17. The maximum atomic E-state index is 10.1. The molecule has 0 aliphatic rings. The second-order valence-corrected chi connectivity index (χ2v) is 8.41. The maximum absolute atomic E-state index is 10.1. The molecule has 0 aliphatic heterocycles. The van der Waals surface area contributed by atoms with E-state index in [0.717, 1.165) is 33.1 Å². The van der Waals surface area contributed by atoms with Crippen LogP contribution in [0, 0.1) is 0 Å². The molecular formula is C30H22N4O3. The Kier molecular flexibility index (Phi) is 5.71. The molecule has 2 heterocycles. The van der Waals surface area contributed by atoms with E-state index >= 15 is 0 Å². The number of rotatable bonds is 6. The predicted molar refractivity (Wildman–Crippen MR) is 145 cm³/mol. The minimum absolute atomic E-state index is 0.0301. The van der Waals surface area contributed by atoms with Crippen LogP contribution in [0.5, 0.6) is 23.0 Å². The molecule has 0 unspecified atom stereocenters. The van der Waals surface area contributed by atoms with Crippen LogP contribution >= 0.6 is 0 Å². The lowest BCUT2D eigenvalue weighted by Gasteiger charge is -2.13. The van der Waals surface area contributed by atoms with Gasteiger partial charge in [0.2, 0.25) is 0 Å². The Morgan fingerprint density at radius 2 is 1.49 bits per heavy atom. The van der Waals surface area contributed by atoms with Crippen molar-refractivity contribution in [3.8, 4) is 34.3 Å². The van der Waals surface area contributed by atoms with Crippen LogP contribution in [0.2, 0.25) is 0 Å². The van der Waals surface area contributed by atoms with E-state index in [-0.39, 0.29) is 5.75 Å². The van der Waals surface area contributed by atoms with Crippen molar-refractivity contribution in [2.75, 3.05) is 12.4 Å². The third-order valence-electron chi connectivity index (χ3n) is 6.08. The second kappa shape index (κ2) is 9.47. The number of aromatic nitrogens is 3. The lowest BCUT2D eigenvalue weighted by Crippen LogP contribution is -1.99. The molecule has 7 heteroatoms. The minimum Gasteiger partial charge on any atom is -0.504 e. The number of hydrogen-bond acceptors (Lipinski definition) is 7. The number of nitrogens with zero attached hydrogens (tertiary/aromatic N) is 3. The smallest absolute Gasteiger partial charge is 0.161 e. The van der Waals surface area contributed by atoms with Crippen LogP contribution in [0.1, 0.15) is 0 Å². The maximum Gasteiger partial charge on any atom is 0.161 e. The molecule has 180 valence electrons. The van der Waals surface area contributed by atoms with Gasteiger partial charge in [0.1, 0.15) is 17.2 Å². The normalized spacial score (nSPS) is 10.9. The van der Waals surface area contributed by atoms with Gasteiger partial charge in [0.25, 0.3) is 0 Å². The topological polar surface area (TPSA) is 89.4 Å². The van der Waals surface area contributed by atoms with Crippen molar-refractivity contribution in [1.82, 2.24) is 15.2 Å². The van der Waals surface area contributed by atoms with Gasteiger partial charge in [-0.3, -0.25) is 4.98 Å². The molecule has 6 rings (SSSR count). The Bertz CT molecular complexity index is 1720. The standard InChI is InChI=1S/C30H22N4O3/c1-36-28-17-24-25(18-26(28)35)31-16-15-27(24)37-21-13-11-20(12-14-21)32-30-23-10-6-5-9-22(23)29(33-34-30)19-7-3-2-4-8-19/h2-18,35H,1H3,(H,32,34). The highest BCUT2D eigenvalue weighted by Gasteiger charge is 2.12. The van der Waals surface area contributed by atoms with Crippen molar-refractivity contribution in [2.24, 2.45) is 0 Å². The summed E-state index contributed by atoms with van der Waals surface area (Å²) >= 11 is 0. The molecule has 0 amide bonds. The number of methoxy groups -OCH3 is 1. The Labute approximate surface area is 213 Å². The average Bonchev–Trinajstić information content (AvgIpc) is 2.94. The first kappa shape index (κ1) is 22.3. The quantitative estimate of drug-likeness (QED) is 0.260. The van der Waals surface area contributed by atoms with Gasteiger partial charge in [-0.1, -0.05) is 54.6 Å². The van der Waals surface area contributed by atoms with Crippen LogP contribution in [0.3, 0.4) is 0 Å². The molecular weight excluding hydrogens is 464 g/mol. The summed E-state index contributed by atoms with van der Waals surface area (Å²) in [5.41, 5.74) is 3.33. The fraction of sp³-hybridized carbons (Fsp3) is 0.0333. The Balaban J connectivity index is 1.27. The Morgan fingerprint density at radius 3 is 2.27 bits per heavy atom. The van der Waals surface area contributed by atoms with Gasteiger partial charge in [-0.2, -0.15) is 0 Å². The molecule has 7 nitrogen and oxygen atoms in total. The van der Waals surface area contributed by atoms with E-state index in [4.69, 9.17) is 9.47 Å². The molecule has 0 spiro atoms. The van der Waals surface area contributed by atoms with Gasteiger partial charge in [0.05, 0.1) is 12.6 Å². The number of hydrogen-bond donors (Lipinski definition) is 2.